The van der Waals surface area contributed by atoms with Gasteiger partial charge in [0.2, 0.25) is 5.75 Å². The molecule has 3 N–H and O–H groups in total. The summed E-state index contributed by atoms with van der Waals surface area (Å²) in [4.78, 5) is 26.1. The fraction of sp³-hybridized carbons (Fsp3) is 0.103. The summed E-state index contributed by atoms with van der Waals surface area (Å²) in [5, 5.41) is 8.99. The summed E-state index contributed by atoms with van der Waals surface area (Å²) in [6, 6.07) is 27.0. The minimum atomic E-state index is -0.434. The Morgan fingerprint density at radius 2 is 1.16 bits per heavy atom. The number of carbonyl (C=O) groups excluding carboxylic acids is 2. The number of hydrogen-bond acceptors (Lipinski definition) is 6. The summed E-state index contributed by atoms with van der Waals surface area (Å²) in [6.07, 6.45) is 0. The lowest BCUT2D eigenvalue weighted by Gasteiger charge is -2.15. The fourth-order valence-electron chi connectivity index (χ4n) is 3.72. The minimum Gasteiger partial charge on any atom is -0.493 e. The molecule has 0 unspecified atom stereocenters. The van der Waals surface area contributed by atoms with Crippen molar-refractivity contribution in [3.8, 4) is 17.2 Å². The lowest BCUT2D eigenvalue weighted by atomic mass is 10.1. The number of ether oxygens (including phenoxy) is 3. The molecule has 0 atom stereocenters. The second kappa shape index (κ2) is 11.6. The first-order chi connectivity index (χ1) is 18.0. The highest BCUT2D eigenvalue weighted by atomic mass is 16.5. The molecular weight excluding hydrogens is 470 g/mol. The summed E-state index contributed by atoms with van der Waals surface area (Å²) >= 11 is 0. The van der Waals surface area contributed by atoms with Crippen molar-refractivity contribution in [3.05, 3.63) is 102 Å². The molecular formula is C29H27N3O5. The molecule has 188 valence electrons. The number of nitrogens with one attached hydrogen (secondary N) is 3. The lowest BCUT2D eigenvalue weighted by molar-refractivity contribution is 0.102. The van der Waals surface area contributed by atoms with E-state index in [0.29, 0.717) is 34.2 Å². The second-order valence-corrected chi connectivity index (χ2v) is 7.94. The van der Waals surface area contributed by atoms with Gasteiger partial charge in [0, 0.05) is 22.6 Å². The number of anilines is 4. The first kappa shape index (κ1) is 25.1. The molecule has 0 fully saturated rings. The van der Waals surface area contributed by atoms with E-state index in [2.05, 4.69) is 16.0 Å². The maximum atomic E-state index is 13.1. The van der Waals surface area contributed by atoms with Crippen LogP contribution < -0.4 is 30.2 Å². The van der Waals surface area contributed by atoms with Gasteiger partial charge in [-0.25, -0.2) is 0 Å². The van der Waals surface area contributed by atoms with Crippen molar-refractivity contribution < 1.29 is 23.8 Å². The first-order valence-electron chi connectivity index (χ1n) is 11.5. The van der Waals surface area contributed by atoms with Gasteiger partial charge < -0.3 is 30.2 Å². The second-order valence-electron chi connectivity index (χ2n) is 7.94. The van der Waals surface area contributed by atoms with Gasteiger partial charge in [-0.05, 0) is 60.7 Å². The highest BCUT2D eigenvalue weighted by Gasteiger charge is 2.19. The van der Waals surface area contributed by atoms with Gasteiger partial charge in [-0.15, -0.1) is 0 Å². The van der Waals surface area contributed by atoms with Crippen molar-refractivity contribution in [2.75, 3.05) is 37.3 Å². The number of methoxy groups -OCH3 is 3. The maximum absolute atomic E-state index is 13.1. The zero-order valence-corrected chi connectivity index (χ0v) is 20.7. The maximum Gasteiger partial charge on any atom is 0.257 e. The van der Waals surface area contributed by atoms with Gasteiger partial charge in [0.1, 0.15) is 0 Å². The molecule has 8 nitrogen and oxygen atoms in total. The summed E-state index contributed by atoms with van der Waals surface area (Å²) in [5.74, 6) is 0.290. The van der Waals surface area contributed by atoms with Crippen LogP contribution in [-0.2, 0) is 0 Å². The molecule has 37 heavy (non-hydrogen) atoms. The molecule has 0 saturated heterocycles. The van der Waals surface area contributed by atoms with Gasteiger partial charge in [0.05, 0.1) is 32.6 Å². The van der Waals surface area contributed by atoms with Crippen LogP contribution >= 0.6 is 0 Å². The molecule has 0 aliphatic heterocycles. The molecule has 4 aromatic carbocycles. The third kappa shape index (κ3) is 5.99. The average molecular weight is 498 g/mol. The lowest BCUT2D eigenvalue weighted by Crippen LogP contribution is -2.18. The molecule has 0 aliphatic carbocycles. The van der Waals surface area contributed by atoms with Gasteiger partial charge in [0.15, 0.2) is 11.5 Å². The Morgan fingerprint density at radius 3 is 1.78 bits per heavy atom. The van der Waals surface area contributed by atoms with Crippen molar-refractivity contribution in [1.29, 1.82) is 0 Å². The van der Waals surface area contributed by atoms with Gasteiger partial charge in [-0.2, -0.15) is 0 Å². The Hall–Kier alpha value is -4.98. The van der Waals surface area contributed by atoms with E-state index in [1.165, 1.54) is 21.3 Å². The Balaban J connectivity index is 1.49. The van der Waals surface area contributed by atoms with Crippen molar-refractivity contribution in [2.45, 2.75) is 0 Å². The molecule has 4 rings (SSSR count). The normalized spacial score (nSPS) is 10.2. The van der Waals surface area contributed by atoms with Gasteiger partial charge >= 0.3 is 0 Å². The number of carbonyl (C=O) groups is 2. The number of amides is 2. The van der Waals surface area contributed by atoms with Gasteiger partial charge in [-0.1, -0.05) is 30.3 Å². The fourth-order valence-corrected chi connectivity index (χ4v) is 3.72. The highest BCUT2D eigenvalue weighted by molar-refractivity contribution is 6.12. The van der Waals surface area contributed by atoms with Crippen LogP contribution in [0.15, 0.2) is 91.0 Å². The van der Waals surface area contributed by atoms with Crippen LogP contribution in [0.3, 0.4) is 0 Å². The quantitative estimate of drug-likeness (QED) is 0.264. The van der Waals surface area contributed by atoms with E-state index in [9.17, 15) is 9.59 Å². The average Bonchev–Trinajstić information content (AvgIpc) is 2.94. The van der Waals surface area contributed by atoms with E-state index in [0.717, 1.165) is 11.4 Å². The molecule has 0 heterocycles. The number of benzene rings is 4. The highest BCUT2D eigenvalue weighted by Crippen LogP contribution is 2.38. The molecule has 0 radical (unpaired) electrons. The zero-order valence-electron chi connectivity index (χ0n) is 20.7. The Morgan fingerprint density at radius 1 is 0.595 bits per heavy atom. The van der Waals surface area contributed by atoms with Crippen molar-refractivity contribution in [2.24, 2.45) is 0 Å². The van der Waals surface area contributed by atoms with E-state index < -0.39 is 5.91 Å². The summed E-state index contributed by atoms with van der Waals surface area (Å²) in [7, 11) is 4.44. The molecule has 0 bridgehead atoms. The Bertz CT molecular complexity index is 1360. The van der Waals surface area contributed by atoms with Crippen LogP contribution in [0.2, 0.25) is 0 Å². The van der Waals surface area contributed by atoms with Crippen molar-refractivity contribution in [3.63, 3.8) is 0 Å². The van der Waals surface area contributed by atoms with Crippen molar-refractivity contribution >= 4 is 34.6 Å². The van der Waals surface area contributed by atoms with Crippen LogP contribution in [0.5, 0.6) is 17.2 Å². The largest absolute Gasteiger partial charge is 0.493 e. The van der Waals surface area contributed by atoms with Crippen LogP contribution in [0.25, 0.3) is 0 Å². The van der Waals surface area contributed by atoms with E-state index in [1.807, 2.05) is 42.5 Å². The number of rotatable bonds is 9. The summed E-state index contributed by atoms with van der Waals surface area (Å²) in [5.41, 5.74) is 3.44. The SMILES string of the molecule is COc1cc(C(=O)Nc2ccccc2C(=O)Nc2ccc(Nc3ccccc3)cc2)cc(OC)c1OC. The molecule has 4 aromatic rings. The van der Waals surface area contributed by atoms with Gasteiger partial charge in [0.25, 0.3) is 11.8 Å². The van der Waals surface area contributed by atoms with Crippen LogP contribution in [0, 0.1) is 0 Å². The van der Waals surface area contributed by atoms with Crippen LogP contribution in [0.4, 0.5) is 22.7 Å². The third-order valence-corrected chi connectivity index (χ3v) is 5.55. The van der Waals surface area contributed by atoms with E-state index in [1.54, 1.807) is 48.5 Å². The Kier molecular flexibility index (Phi) is 7.90. The summed E-state index contributed by atoms with van der Waals surface area (Å²) in [6.45, 7) is 0. The number of hydrogen-bond donors (Lipinski definition) is 3. The summed E-state index contributed by atoms with van der Waals surface area (Å²) < 4.78 is 16.0. The molecule has 0 aromatic heterocycles. The van der Waals surface area contributed by atoms with Crippen LogP contribution in [0.1, 0.15) is 20.7 Å². The minimum absolute atomic E-state index is 0.284. The van der Waals surface area contributed by atoms with E-state index in [4.69, 9.17) is 14.2 Å². The predicted octanol–water partition coefficient (Wildman–Crippen LogP) is 5.96. The molecule has 8 heteroatoms. The first-order valence-corrected chi connectivity index (χ1v) is 11.5. The van der Waals surface area contributed by atoms with E-state index >= 15 is 0 Å². The molecule has 0 aliphatic rings. The topological polar surface area (TPSA) is 97.9 Å². The zero-order chi connectivity index (χ0) is 26.2. The smallest absolute Gasteiger partial charge is 0.257 e. The van der Waals surface area contributed by atoms with Crippen molar-refractivity contribution in [1.82, 2.24) is 0 Å². The van der Waals surface area contributed by atoms with E-state index in [-0.39, 0.29) is 11.5 Å². The number of para-hydroxylation sites is 2. The molecule has 0 saturated carbocycles. The van der Waals surface area contributed by atoms with Crippen LogP contribution in [-0.4, -0.2) is 33.1 Å². The standard InChI is InChI=1S/C29H27N3O5/c1-35-25-17-19(18-26(36-2)27(25)37-3)28(33)32-24-12-8-7-11-23(24)29(34)31-22-15-13-21(14-16-22)30-20-9-5-4-6-10-20/h4-18,30H,1-3H3,(H,31,34)(H,32,33). The predicted molar refractivity (Wildman–Crippen MR) is 145 cm³/mol. The Labute approximate surface area is 215 Å². The third-order valence-electron chi connectivity index (χ3n) is 5.55. The monoisotopic (exact) mass is 497 g/mol. The molecule has 0 spiro atoms. The van der Waals surface area contributed by atoms with Gasteiger partial charge in [-0.3, -0.25) is 9.59 Å². The molecule has 2 amide bonds.